The number of rotatable bonds is 4. The van der Waals surface area contributed by atoms with Gasteiger partial charge in [0.15, 0.2) is 0 Å². The topological polar surface area (TPSA) is 75.6 Å². The smallest absolute Gasteiger partial charge is 0.305 e. The van der Waals surface area contributed by atoms with Crippen molar-refractivity contribution in [3.63, 3.8) is 0 Å². The molecule has 1 rings (SSSR count). The van der Waals surface area contributed by atoms with Crippen molar-refractivity contribution >= 4 is 11.9 Å². The normalized spacial score (nSPS) is 22.2. The summed E-state index contributed by atoms with van der Waals surface area (Å²) in [6, 6.07) is -0.378. The fourth-order valence-corrected chi connectivity index (χ4v) is 1.80. The van der Waals surface area contributed by atoms with E-state index in [2.05, 4.69) is 5.32 Å². The van der Waals surface area contributed by atoms with Gasteiger partial charge in [-0.25, -0.2) is 0 Å². The number of aliphatic carboxylic acids is 1. The summed E-state index contributed by atoms with van der Waals surface area (Å²) in [5, 5.41) is 11.6. The second-order valence-corrected chi connectivity index (χ2v) is 5.53. The molecule has 1 aliphatic rings. The third-order valence-electron chi connectivity index (χ3n) is 2.96. The highest BCUT2D eigenvalue weighted by molar-refractivity contribution is 5.82. The first-order valence-electron chi connectivity index (χ1n) is 5.94. The number of amides is 1. The molecule has 0 aromatic heterocycles. The Balaban J connectivity index is 2.59. The third-order valence-corrected chi connectivity index (χ3v) is 2.96. The Morgan fingerprint density at radius 3 is 2.53 bits per heavy atom. The molecule has 1 aliphatic heterocycles. The maximum atomic E-state index is 11.9. The molecular weight excluding hydrogens is 222 g/mol. The minimum atomic E-state index is -0.905. The van der Waals surface area contributed by atoms with Gasteiger partial charge in [0, 0.05) is 12.6 Å². The summed E-state index contributed by atoms with van der Waals surface area (Å²) in [6.45, 7) is 6.35. The van der Waals surface area contributed by atoms with E-state index < -0.39 is 12.1 Å². The lowest BCUT2D eigenvalue weighted by atomic mass is 9.84. The van der Waals surface area contributed by atoms with E-state index in [9.17, 15) is 9.59 Å². The number of carbonyl (C=O) groups is 2. The van der Waals surface area contributed by atoms with Crippen LogP contribution in [-0.4, -0.2) is 35.7 Å². The molecule has 0 aliphatic carbocycles. The van der Waals surface area contributed by atoms with E-state index >= 15 is 0 Å². The Morgan fingerprint density at radius 2 is 2.12 bits per heavy atom. The Morgan fingerprint density at radius 1 is 1.47 bits per heavy atom. The molecule has 0 radical (unpaired) electrons. The van der Waals surface area contributed by atoms with Gasteiger partial charge in [-0.15, -0.1) is 0 Å². The summed E-state index contributed by atoms with van der Waals surface area (Å²) in [5.41, 5.74) is -0.285. The molecule has 0 bridgehead atoms. The fraction of sp³-hybridized carbons (Fsp3) is 0.833. The van der Waals surface area contributed by atoms with Crippen molar-refractivity contribution in [1.29, 1.82) is 0 Å². The summed E-state index contributed by atoms with van der Waals surface area (Å²) in [7, 11) is 0. The van der Waals surface area contributed by atoms with Crippen molar-refractivity contribution in [3.05, 3.63) is 0 Å². The Kier molecular flexibility index (Phi) is 4.51. The van der Waals surface area contributed by atoms with Crippen molar-refractivity contribution in [2.75, 3.05) is 6.61 Å². The van der Waals surface area contributed by atoms with Crippen LogP contribution in [0.25, 0.3) is 0 Å². The van der Waals surface area contributed by atoms with Crippen LogP contribution >= 0.6 is 0 Å². The Bertz CT molecular complexity index is 289. The fourth-order valence-electron chi connectivity index (χ4n) is 1.80. The SMILES string of the molecule is CC(C)(C)C(CC(=O)O)NC(=O)[C@@H]1CCCO1. The maximum absolute atomic E-state index is 11.9. The van der Waals surface area contributed by atoms with Crippen LogP contribution in [-0.2, 0) is 14.3 Å². The zero-order chi connectivity index (χ0) is 13.1. The van der Waals surface area contributed by atoms with Crippen LogP contribution in [0, 0.1) is 5.41 Å². The molecule has 0 aromatic carbocycles. The average molecular weight is 243 g/mol. The summed E-state index contributed by atoms with van der Waals surface area (Å²) in [5.74, 6) is -1.10. The highest BCUT2D eigenvalue weighted by Gasteiger charge is 2.32. The van der Waals surface area contributed by atoms with Gasteiger partial charge < -0.3 is 15.2 Å². The number of hydrogen-bond donors (Lipinski definition) is 2. The molecule has 0 saturated carbocycles. The van der Waals surface area contributed by atoms with Gasteiger partial charge in [-0.3, -0.25) is 9.59 Å². The van der Waals surface area contributed by atoms with Crippen LogP contribution in [0.5, 0.6) is 0 Å². The van der Waals surface area contributed by atoms with Crippen LogP contribution in [0.3, 0.4) is 0 Å². The van der Waals surface area contributed by atoms with E-state index in [1.54, 1.807) is 0 Å². The highest BCUT2D eigenvalue weighted by Crippen LogP contribution is 2.23. The van der Waals surface area contributed by atoms with Crippen molar-refractivity contribution in [1.82, 2.24) is 5.32 Å². The first kappa shape index (κ1) is 14.0. The predicted molar refractivity (Wildman–Crippen MR) is 62.6 cm³/mol. The lowest BCUT2D eigenvalue weighted by Crippen LogP contribution is -2.48. The number of carboxylic acid groups (broad SMARTS) is 1. The number of carboxylic acids is 1. The molecule has 0 spiro atoms. The summed E-state index contributed by atoms with van der Waals surface area (Å²) in [6.07, 6.45) is 1.13. The Hall–Kier alpha value is -1.10. The summed E-state index contributed by atoms with van der Waals surface area (Å²) in [4.78, 5) is 22.6. The summed E-state index contributed by atoms with van der Waals surface area (Å²) >= 11 is 0. The third kappa shape index (κ3) is 4.34. The molecule has 1 saturated heterocycles. The quantitative estimate of drug-likeness (QED) is 0.777. The van der Waals surface area contributed by atoms with Gasteiger partial charge in [0.05, 0.1) is 6.42 Å². The van der Waals surface area contributed by atoms with E-state index in [1.807, 2.05) is 20.8 Å². The van der Waals surface area contributed by atoms with Crippen molar-refractivity contribution in [2.24, 2.45) is 5.41 Å². The van der Waals surface area contributed by atoms with E-state index in [1.165, 1.54) is 0 Å². The van der Waals surface area contributed by atoms with Gasteiger partial charge in [-0.1, -0.05) is 20.8 Å². The Labute approximate surface area is 102 Å². The monoisotopic (exact) mass is 243 g/mol. The van der Waals surface area contributed by atoms with Gasteiger partial charge >= 0.3 is 5.97 Å². The lowest BCUT2D eigenvalue weighted by Gasteiger charge is -2.31. The molecule has 17 heavy (non-hydrogen) atoms. The molecule has 1 fully saturated rings. The van der Waals surface area contributed by atoms with Crippen LogP contribution in [0.2, 0.25) is 0 Å². The van der Waals surface area contributed by atoms with Crippen LogP contribution < -0.4 is 5.32 Å². The number of hydrogen-bond acceptors (Lipinski definition) is 3. The van der Waals surface area contributed by atoms with Crippen molar-refractivity contribution in [2.45, 2.75) is 52.2 Å². The van der Waals surface area contributed by atoms with Gasteiger partial charge in [-0.2, -0.15) is 0 Å². The number of nitrogens with one attached hydrogen (secondary N) is 1. The second-order valence-electron chi connectivity index (χ2n) is 5.53. The zero-order valence-corrected chi connectivity index (χ0v) is 10.7. The largest absolute Gasteiger partial charge is 0.481 e. The first-order valence-corrected chi connectivity index (χ1v) is 5.94. The molecular formula is C12H21NO4. The van der Waals surface area contributed by atoms with Crippen molar-refractivity contribution < 1.29 is 19.4 Å². The van der Waals surface area contributed by atoms with Crippen LogP contribution in [0.1, 0.15) is 40.0 Å². The van der Waals surface area contributed by atoms with E-state index in [-0.39, 0.29) is 23.8 Å². The minimum absolute atomic E-state index is 0.0675. The molecule has 1 unspecified atom stereocenters. The van der Waals surface area contributed by atoms with E-state index in [0.29, 0.717) is 6.61 Å². The molecule has 0 aromatic rings. The number of carbonyl (C=O) groups excluding carboxylic acids is 1. The van der Waals surface area contributed by atoms with E-state index in [0.717, 1.165) is 12.8 Å². The zero-order valence-electron chi connectivity index (χ0n) is 10.7. The minimum Gasteiger partial charge on any atom is -0.481 e. The molecule has 2 N–H and O–H groups in total. The highest BCUT2D eigenvalue weighted by atomic mass is 16.5. The molecule has 1 amide bonds. The van der Waals surface area contributed by atoms with Gasteiger partial charge in [-0.05, 0) is 18.3 Å². The van der Waals surface area contributed by atoms with E-state index in [4.69, 9.17) is 9.84 Å². The number of ether oxygens (including phenoxy) is 1. The molecule has 5 heteroatoms. The van der Waals surface area contributed by atoms with Crippen molar-refractivity contribution in [3.8, 4) is 0 Å². The second kappa shape index (κ2) is 5.49. The molecule has 98 valence electrons. The molecule has 1 heterocycles. The first-order chi connectivity index (χ1) is 7.80. The van der Waals surface area contributed by atoms with Gasteiger partial charge in [0.2, 0.25) is 5.91 Å². The van der Waals surface area contributed by atoms with Gasteiger partial charge in [0.25, 0.3) is 0 Å². The molecule has 5 nitrogen and oxygen atoms in total. The molecule has 2 atom stereocenters. The summed E-state index contributed by atoms with van der Waals surface area (Å²) < 4.78 is 5.27. The van der Waals surface area contributed by atoms with Crippen LogP contribution in [0.4, 0.5) is 0 Å². The standard InChI is InChI=1S/C12H21NO4/c1-12(2,3)9(7-10(14)15)13-11(16)8-5-4-6-17-8/h8-9H,4-7H2,1-3H3,(H,13,16)(H,14,15)/t8-,9?/m0/s1. The van der Waals surface area contributed by atoms with Gasteiger partial charge in [0.1, 0.15) is 6.10 Å². The lowest BCUT2D eigenvalue weighted by molar-refractivity contribution is -0.139. The predicted octanol–water partition coefficient (Wildman–Crippen LogP) is 1.17. The average Bonchev–Trinajstić information content (AvgIpc) is 2.66. The maximum Gasteiger partial charge on any atom is 0.305 e. The van der Waals surface area contributed by atoms with Crippen LogP contribution in [0.15, 0.2) is 0 Å².